The smallest absolute Gasteiger partial charge is 0.416 e. The maximum atomic E-state index is 13.5. The summed E-state index contributed by atoms with van der Waals surface area (Å²) in [5.74, 6) is -3.83. The summed E-state index contributed by atoms with van der Waals surface area (Å²) in [6.45, 7) is 4.23. The molecule has 7 nitrogen and oxygen atoms in total. The Hall–Kier alpha value is -3.87. The van der Waals surface area contributed by atoms with E-state index in [1.165, 1.54) is 32.0 Å². The van der Waals surface area contributed by atoms with Crippen molar-refractivity contribution >= 4 is 23.5 Å². The van der Waals surface area contributed by atoms with Gasteiger partial charge >= 0.3 is 12.1 Å². The molecule has 184 valence electrons. The Morgan fingerprint density at radius 3 is 2.43 bits per heavy atom. The molecule has 3 atom stereocenters. The molecule has 2 aromatic rings. The molecule has 0 aliphatic carbocycles. The molecular weight excluding hydrogens is 463 g/mol. The topological polar surface area (TPSA) is 99.5 Å². The maximum Gasteiger partial charge on any atom is 0.416 e. The number of rotatable bonds is 5. The fraction of sp³-hybridized carbons (Fsp3) is 0.360. The molecule has 0 bridgehead atoms. The summed E-state index contributed by atoms with van der Waals surface area (Å²) >= 11 is 0. The van der Waals surface area contributed by atoms with Crippen LogP contribution < -0.4 is 10.2 Å². The van der Waals surface area contributed by atoms with E-state index in [4.69, 9.17) is 10.00 Å². The first kappa shape index (κ1) is 25.7. The van der Waals surface area contributed by atoms with Gasteiger partial charge in [0.1, 0.15) is 11.6 Å². The van der Waals surface area contributed by atoms with Crippen molar-refractivity contribution in [3.8, 4) is 6.07 Å². The minimum atomic E-state index is -4.66. The Balaban J connectivity index is 2.22. The molecule has 3 unspecified atom stereocenters. The highest BCUT2D eigenvalue weighted by Crippen LogP contribution is 2.46. The average molecular weight is 487 g/mol. The van der Waals surface area contributed by atoms with Crippen LogP contribution in [0.25, 0.3) is 0 Å². The first-order chi connectivity index (χ1) is 16.4. The van der Waals surface area contributed by atoms with Crippen LogP contribution in [0.15, 0.2) is 48.5 Å². The second-order valence-electron chi connectivity index (χ2n) is 8.38. The predicted molar refractivity (Wildman–Crippen MR) is 120 cm³/mol. The van der Waals surface area contributed by atoms with Gasteiger partial charge in [-0.3, -0.25) is 19.3 Å². The lowest BCUT2D eigenvalue weighted by Gasteiger charge is -2.51. The monoisotopic (exact) mass is 487 g/mol. The van der Waals surface area contributed by atoms with Crippen LogP contribution in [0, 0.1) is 17.2 Å². The molecule has 0 spiro atoms. The fourth-order valence-corrected chi connectivity index (χ4v) is 4.65. The van der Waals surface area contributed by atoms with Crippen molar-refractivity contribution in [3.63, 3.8) is 0 Å². The Kier molecular flexibility index (Phi) is 7.19. The lowest BCUT2D eigenvalue weighted by Crippen LogP contribution is -2.70. The van der Waals surface area contributed by atoms with Gasteiger partial charge in [-0.15, -0.1) is 0 Å². The summed E-state index contributed by atoms with van der Waals surface area (Å²) in [5.41, 5.74) is -1.92. The van der Waals surface area contributed by atoms with Crippen molar-refractivity contribution in [2.24, 2.45) is 5.92 Å². The van der Waals surface area contributed by atoms with Crippen molar-refractivity contribution in [1.29, 1.82) is 5.26 Å². The number of anilines is 1. The molecule has 1 saturated heterocycles. The highest BCUT2D eigenvalue weighted by atomic mass is 19.4. The second-order valence-corrected chi connectivity index (χ2v) is 8.38. The zero-order valence-electron chi connectivity index (χ0n) is 19.3. The summed E-state index contributed by atoms with van der Waals surface area (Å²) in [4.78, 5) is 40.0. The number of nitrogens with zero attached hydrogens (tertiary/aromatic N) is 2. The number of alkyl halides is 3. The molecule has 1 aliphatic rings. The average Bonchev–Trinajstić information content (AvgIpc) is 2.77. The van der Waals surface area contributed by atoms with Crippen LogP contribution >= 0.6 is 0 Å². The maximum absolute atomic E-state index is 13.5. The summed E-state index contributed by atoms with van der Waals surface area (Å²) in [5, 5.41) is 11.7. The van der Waals surface area contributed by atoms with Gasteiger partial charge in [-0.1, -0.05) is 18.2 Å². The molecule has 1 aliphatic heterocycles. The highest BCUT2D eigenvalue weighted by molar-refractivity contribution is 5.99. The van der Waals surface area contributed by atoms with E-state index in [2.05, 4.69) is 5.32 Å². The minimum absolute atomic E-state index is 0.0169. The van der Waals surface area contributed by atoms with Crippen LogP contribution in [-0.2, 0) is 25.3 Å². The SMILES string of the molecule is CCOC(=O)C1C(c2ccc(C#N)cc2)CC(=O)N(c2cccc(C(F)(F)F)c2)C1(C)NC(C)=O. The third kappa shape index (κ3) is 5.14. The van der Waals surface area contributed by atoms with Gasteiger partial charge in [0.2, 0.25) is 11.8 Å². The Labute approximate surface area is 200 Å². The molecule has 2 amide bonds. The van der Waals surface area contributed by atoms with Crippen molar-refractivity contribution in [2.45, 2.75) is 44.9 Å². The van der Waals surface area contributed by atoms with Crippen molar-refractivity contribution in [1.82, 2.24) is 5.32 Å². The van der Waals surface area contributed by atoms with Crippen LogP contribution in [0.5, 0.6) is 0 Å². The normalized spacial score (nSPS) is 22.3. The minimum Gasteiger partial charge on any atom is -0.466 e. The molecular formula is C25H24F3N3O4. The Morgan fingerprint density at radius 2 is 1.89 bits per heavy atom. The van der Waals surface area contributed by atoms with Gasteiger partial charge in [0.25, 0.3) is 0 Å². The Bertz CT molecular complexity index is 1170. The molecule has 1 fully saturated rings. The molecule has 35 heavy (non-hydrogen) atoms. The lowest BCUT2D eigenvalue weighted by molar-refractivity contribution is -0.155. The Morgan fingerprint density at radius 1 is 1.23 bits per heavy atom. The molecule has 0 radical (unpaired) electrons. The van der Waals surface area contributed by atoms with E-state index in [9.17, 15) is 27.6 Å². The van der Waals surface area contributed by atoms with E-state index >= 15 is 0 Å². The van der Waals surface area contributed by atoms with Gasteiger partial charge in [0, 0.05) is 24.9 Å². The van der Waals surface area contributed by atoms with Crippen LogP contribution in [0.3, 0.4) is 0 Å². The van der Waals surface area contributed by atoms with Gasteiger partial charge in [-0.25, -0.2) is 0 Å². The fourth-order valence-electron chi connectivity index (χ4n) is 4.65. The predicted octanol–water partition coefficient (Wildman–Crippen LogP) is 4.13. The first-order valence-corrected chi connectivity index (χ1v) is 10.9. The van der Waals surface area contributed by atoms with Crippen molar-refractivity contribution < 1.29 is 32.3 Å². The number of halogens is 3. The molecule has 0 aromatic heterocycles. The third-order valence-corrected chi connectivity index (χ3v) is 5.99. The number of hydrogen-bond donors (Lipinski definition) is 1. The number of amides is 2. The van der Waals surface area contributed by atoms with E-state index < -0.39 is 47.0 Å². The van der Waals surface area contributed by atoms with Crippen LogP contribution in [0.4, 0.5) is 18.9 Å². The van der Waals surface area contributed by atoms with E-state index in [1.807, 2.05) is 6.07 Å². The number of nitriles is 1. The molecule has 1 N–H and O–H groups in total. The van der Waals surface area contributed by atoms with Gasteiger partial charge in [-0.2, -0.15) is 18.4 Å². The number of benzene rings is 2. The summed E-state index contributed by atoms with van der Waals surface area (Å²) in [6, 6.07) is 12.4. The molecule has 1 heterocycles. The number of piperidine rings is 1. The van der Waals surface area contributed by atoms with Crippen LogP contribution in [0.1, 0.15) is 49.8 Å². The van der Waals surface area contributed by atoms with Crippen LogP contribution in [0.2, 0.25) is 0 Å². The number of nitrogens with one attached hydrogen (secondary N) is 1. The summed E-state index contributed by atoms with van der Waals surface area (Å²) in [7, 11) is 0. The molecule has 3 rings (SSSR count). The number of hydrogen-bond acceptors (Lipinski definition) is 5. The molecule has 0 saturated carbocycles. The lowest BCUT2D eigenvalue weighted by atomic mass is 9.71. The third-order valence-electron chi connectivity index (χ3n) is 5.99. The van der Waals surface area contributed by atoms with E-state index in [0.29, 0.717) is 11.1 Å². The molecule has 2 aromatic carbocycles. The van der Waals surface area contributed by atoms with Crippen molar-refractivity contribution in [3.05, 3.63) is 65.2 Å². The number of carbonyl (C=O) groups is 3. The zero-order valence-corrected chi connectivity index (χ0v) is 19.3. The van der Waals surface area contributed by atoms with E-state index in [-0.39, 0.29) is 18.7 Å². The number of esters is 1. The number of ether oxygens (including phenoxy) is 1. The number of carbonyl (C=O) groups excluding carboxylic acids is 3. The van der Waals surface area contributed by atoms with E-state index in [1.54, 1.807) is 19.1 Å². The summed E-state index contributed by atoms with van der Waals surface area (Å²) in [6.07, 6.45) is -4.90. The zero-order chi connectivity index (χ0) is 26.0. The summed E-state index contributed by atoms with van der Waals surface area (Å²) < 4.78 is 45.5. The quantitative estimate of drug-likeness (QED) is 0.640. The second kappa shape index (κ2) is 9.78. The standard InChI is InChI=1S/C25H24F3N3O4/c1-4-35-23(34)22-20(17-10-8-16(14-29)9-11-17)13-21(33)31(24(22,3)30-15(2)32)19-7-5-6-18(12-19)25(26,27)28/h5-12,20,22H,4,13H2,1-3H3,(H,30,32). The largest absolute Gasteiger partial charge is 0.466 e. The van der Waals surface area contributed by atoms with Gasteiger partial charge in [0.15, 0.2) is 0 Å². The first-order valence-electron chi connectivity index (χ1n) is 10.9. The van der Waals surface area contributed by atoms with Gasteiger partial charge in [0.05, 0.1) is 23.8 Å². The van der Waals surface area contributed by atoms with Gasteiger partial charge < -0.3 is 10.1 Å². The highest BCUT2D eigenvalue weighted by Gasteiger charge is 2.56. The van der Waals surface area contributed by atoms with E-state index in [0.717, 1.165) is 23.1 Å². The van der Waals surface area contributed by atoms with Crippen LogP contribution in [-0.4, -0.2) is 30.1 Å². The van der Waals surface area contributed by atoms with Gasteiger partial charge in [-0.05, 0) is 49.7 Å². The van der Waals surface area contributed by atoms with Crippen molar-refractivity contribution in [2.75, 3.05) is 11.5 Å². The molecule has 10 heteroatoms.